The van der Waals surface area contributed by atoms with E-state index in [0.717, 1.165) is 28.9 Å². The topological polar surface area (TPSA) is 523 Å². The Bertz CT molecular complexity index is 2930. The summed E-state index contributed by atoms with van der Waals surface area (Å²) in [4.78, 5) is 155. The minimum atomic E-state index is -1.91. The van der Waals surface area contributed by atoms with Gasteiger partial charge in [0.15, 0.2) is 18.3 Å². The van der Waals surface area contributed by atoms with E-state index < -0.39 is 188 Å². The maximum Gasteiger partial charge on any atom is 0.409 e. The smallest absolute Gasteiger partial charge is 0.409 e. The fraction of sp³-hybridized carbons (Fsp3) is 0.617. The number of phenolic OH excluding ortho intramolecular Hbond substituents is 3. The lowest BCUT2D eigenvalue weighted by Gasteiger charge is -2.34. The lowest BCUT2D eigenvalue weighted by atomic mass is 10.0. The van der Waals surface area contributed by atoms with E-state index in [1.165, 1.54) is 49.3 Å². The van der Waals surface area contributed by atoms with Gasteiger partial charge < -0.3 is 118 Å². The van der Waals surface area contributed by atoms with Gasteiger partial charge in [0.05, 0.1) is 38.1 Å². The molecule has 34 nitrogen and oxygen atoms in total. The van der Waals surface area contributed by atoms with E-state index >= 15 is 0 Å². The Labute approximate surface area is 541 Å². The molecule has 3 heterocycles. The molecule has 0 saturated carbocycles. The predicted molar refractivity (Wildman–Crippen MR) is 328 cm³/mol. The second kappa shape index (κ2) is 37.4. The second-order valence-corrected chi connectivity index (χ2v) is 23.3. The van der Waals surface area contributed by atoms with Crippen LogP contribution < -0.4 is 48.7 Å². The number of likely N-dealkylation sites (tertiary alicyclic amines) is 3. The number of nitrogens with two attached hydrogens (primary N) is 2. The van der Waals surface area contributed by atoms with Gasteiger partial charge >= 0.3 is 12.1 Å². The summed E-state index contributed by atoms with van der Waals surface area (Å²) >= 11 is 0. The van der Waals surface area contributed by atoms with Crippen molar-refractivity contribution in [3.63, 3.8) is 0 Å². The molecule has 3 fully saturated rings. The standard InChI is InChI=1S/C60H90N12O22/c1-32(63-60(91)94-31-93-24-23-92-3)50(80)64-38(9-4-6-19-61)56(86)70-21-8-11-43(70)53(83)68-42(30-73)52(82)67-41(25-34-12-15-36(75)16-13-34)57(87)71-22-18-46(78)49(71)58(88)72-29-37(76)28-44(72)54(84)69-48(33(2)74)55(85)66-40(26-35-14-17-45(77)47(79)27-35)51(81)65-39(59(89)90)10-5-7-20-62/h12-17,27,32-33,37-44,46,48-49,73-79H,4-11,18-26,28-31,61-62H2,1-3H3,(H,63,91)(H,64,80)(H,65,81)(H,66,85)(H,67,82)(H,68,83)(H,69,84)(H,89,90). The predicted octanol–water partition coefficient (Wildman–Crippen LogP) is -5.14. The van der Waals surface area contributed by atoms with Gasteiger partial charge in [0.1, 0.15) is 66.2 Å². The Kier molecular flexibility index (Phi) is 30.3. The molecule has 2 aromatic rings. The van der Waals surface area contributed by atoms with Crippen LogP contribution in [0.2, 0.25) is 0 Å². The van der Waals surface area contributed by atoms with Crippen molar-refractivity contribution in [2.75, 3.05) is 66.4 Å². The van der Waals surface area contributed by atoms with Crippen LogP contribution in [0.3, 0.4) is 0 Å². The van der Waals surface area contributed by atoms with Crippen LogP contribution in [0.1, 0.15) is 89.2 Å². The highest BCUT2D eigenvalue weighted by molar-refractivity contribution is 5.99. The maximum atomic E-state index is 14.9. The van der Waals surface area contributed by atoms with Crippen LogP contribution in [0.25, 0.3) is 0 Å². The van der Waals surface area contributed by atoms with Crippen molar-refractivity contribution in [2.45, 2.75) is 170 Å². The summed E-state index contributed by atoms with van der Waals surface area (Å²) in [6.07, 6.45) is -5.18. The molecule has 10 amide bonds. The number of benzene rings is 2. The number of ether oxygens (including phenoxy) is 3. The number of amides is 10. The highest BCUT2D eigenvalue weighted by Gasteiger charge is 2.50. The van der Waals surface area contributed by atoms with Gasteiger partial charge in [-0.1, -0.05) is 18.2 Å². The minimum Gasteiger partial charge on any atom is -0.508 e. The molecule has 19 N–H and O–H groups in total. The Morgan fingerprint density at radius 1 is 0.628 bits per heavy atom. The first kappa shape index (κ1) is 76.2. The number of hydrogen-bond donors (Lipinski definition) is 17. The minimum absolute atomic E-state index is 0.0426. The van der Waals surface area contributed by atoms with E-state index in [-0.39, 0.29) is 82.8 Å². The molecule has 0 aliphatic carbocycles. The van der Waals surface area contributed by atoms with Crippen LogP contribution in [0, 0.1) is 0 Å². The summed E-state index contributed by atoms with van der Waals surface area (Å²) < 4.78 is 14.9. The molecule has 0 bridgehead atoms. The molecule has 34 heteroatoms. The molecular weight excluding hydrogens is 1240 g/mol. The average Bonchev–Trinajstić information content (AvgIpc) is 1.61. The van der Waals surface area contributed by atoms with E-state index in [1.54, 1.807) is 0 Å². The highest BCUT2D eigenvalue weighted by Crippen LogP contribution is 2.29. The number of β-amino-alcohol motifs (C(OH)–C–C–N with tert-alkyl or cyclic N) is 1. The number of aliphatic carboxylic acids is 1. The van der Waals surface area contributed by atoms with Crippen molar-refractivity contribution in [3.8, 4) is 17.2 Å². The number of aliphatic hydroxyl groups excluding tert-OH is 4. The monoisotopic (exact) mass is 1330 g/mol. The Balaban J connectivity index is 1.32. The third kappa shape index (κ3) is 22.1. The Morgan fingerprint density at radius 2 is 1.22 bits per heavy atom. The SMILES string of the molecule is COCCOCOC(=O)NC(C)C(=O)NC(CCCCN)C(=O)N1CCCC1C(=O)NC(CO)C(=O)NC(Cc1ccc(O)cc1)C(=O)N1CCC(O)C1C(=O)N1CC(O)CC1C(=O)NC(C(=O)NC(Cc1ccc(O)c(O)c1)C(=O)NC(CCCCN)C(=O)O)C(C)O. The van der Waals surface area contributed by atoms with Crippen molar-refractivity contribution in [3.05, 3.63) is 53.6 Å². The molecule has 13 atom stereocenters. The second-order valence-electron chi connectivity index (χ2n) is 23.3. The largest absolute Gasteiger partial charge is 0.508 e. The van der Waals surface area contributed by atoms with Crippen molar-refractivity contribution in [1.82, 2.24) is 51.9 Å². The summed E-state index contributed by atoms with van der Waals surface area (Å²) in [7, 11) is 1.46. The molecule has 0 radical (unpaired) electrons. The van der Waals surface area contributed by atoms with Crippen LogP contribution in [0.4, 0.5) is 4.79 Å². The summed E-state index contributed by atoms with van der Waals surface area (Å²) in [6, 6.07) is -6.56. The average molecular weight is 1330 g/mol. The van der Waals surface area contributed by atoms with Crippen molar-refractivity contribution in [2.24, 2.45) is 11.5 Å². The highest BCUT2D eigenvalue weighted by atomic mass is 16.7. The van der Waals surface area contributed by atoms with Crippen LogP contribution in [-0.2, 0) is 75.0 Å². The number of nitrogens with zero attached hydrogens (tertiary/aromatic N) is 3. The molecule has 5 rings (SSSR count). The third-order valence-corrected chi connectivity index (χ3v) is 16.1. The van der Waals surface area contributed by atoms with Crippen LogP contribution in [-0.4, -0.2) is 266 Å². The Hall–Kier alpha value is -8.51. The van der Waals surface area contributed by atoms with Crippen molar-refractivity contribution >= 4 is 65.2 Å². The number of carbonyl (C=O) groups is 11. The molecule has 2 aromatic carbocycles. The maximum absolute atomic E-state index is 14.9. The fourth-order valence-electron chi connectivity index (χ4n) is 11.0. The number of unbranched alkanes of at least 4 members (excludes halogenated alkanes) is 2. The molecule has 94 heavy (non-hydrogen) atoms. The molecule has 0 aromatic heterocycles. The van der Waals surface area contributed by atoms with Gasteiger partial charge in [-0.25, -0.2) is 9.59 Å². The lowest BCUT2D eigenvalue weighted by molar-refractivity contribution is -0.151. The van der Waals surface area contributed by atoms with E-state index in [9.17, 15) is 93.6 Å². The number of aliphatic hydroxyl groups is 4. The van der Waals surface area contributed by atoms with Gasteiger partial charge in [0.2, 0.25) is 53.2 Å². The van der Waals surface area contributed by atoms with E-state index in [1.807, 2.05) is 0 Å². The number of carboxylic acid groups (broad SMARTS) is 1. The van der Waals surface area contributed by atoms with E-state index in [2.05, 4.69) is 37.2 Å². The molecule has 3 aliphatic rings. The number of alkyl carbamates (subject to hydrolysis) is 1. The number of carbonyl (C=O) groups excluding carboxylic acids is 10. The molecule has 3 saturated heterocycles. The molecular formula is C60H90N12O22. The first-order chi connectivity index (χ1) is 44.7. The van der Waals surface area contributed by atoms with Crippen molar-refractivity contribution in [1.29, 1.82) is 0 Å². The van der Waals surface area contributed by atoms with Crippen LogP contribution in [0.5, 0.6) is 17.2 Å². The van der Waals surface area contributed by atoms with Gasteiger partial charge in [-0.2, -0.15) is 0 Å². The molecule has 522 valence electrons. The zero-order valence-electron chi connectivity index (χ0n) is 52.7. The van der Waals surface area contributed by atoms with Crippen molar-refractivity contribution < 1.29 is 108 Å². The van der Waals surface area contributed by atoms with E-state index in [4.69, 9.17) is 25.7 Å². The zero-order chi connectivity index (χ0) is 69.3. The molecule has 13 unspecified atom stereocenters. The summed E-state index contributed by atoms with van der Waals surface area (Å²) in [5.41, 5.74) is 11.8. The van der Waals surface area contributed by atoms with Gasteiger partial charge in [-0.3, -0.25) is 43.2 Å². The zero-order valence-corrected chi connectivity index (χ0v) is 52.7. The number of phenols is 3. The number of hydrogen-bond acceptors (Lipinski definition) is 23. The van der Waals surface area contributed by atoms with Gasteiger partial charge in [0, 0.05) is 46.0 Å². The van der Waals surface area contributed by atoms with Gasteiger partial charge in [-0.15, -0.1) is 0 Å². The lowest BCUT2D eigenvalue weighted by Crippen LogP contribution is -2.62. The Morgan fingerprint density at radius 3 is 1.85 bits per heavy atom. The quantitative estimate of drug-likeness (QED) is 0.0172. The summed E-state index contributed by atoms with van der Waals surface area (Å²) in [5.74, 6) is -11.5. The van der Waals surface area contributed by atoms with Gasteiger partial charge in [0.25, 0.3) is 0 Å². The number of methoxy groups -OCH3 is 1. The first-order valence-electron chi connectivity index (χ1n) is 31.0. The number of rotatable bonds is 36. The third-order valence-electron chi connectivity index (χ3n) is 16.1. The number of aromatic hydroxyl groups is 3. The first-order valence-corrected chi connectivity index (χ1v) is 31.0. The number of nitrogens with one attached hydrogen (secondary N) is 7. The fourth-order valence-corrected chi connectivity index (χ4v) is 11.0. The van der Waals surface area contributed by atoms with E-state index in [0.29, 0.717) is 37.7 Å². The summed E-state index contributed by atoms with van der Waals surface area (Å²) in [5, 5.41) is 101. The van der Waals surface area contributed by atoms with Gasteiger partial charge in [-0.05, 0) is 120 Å². The molecule has 0 spiro atoms. The summed E-state index contributed by atoms with van der Waals surface area (Å²) in [6.45, 7) is 1.05. The molecule has 3 aliphatic heterocycles. The normalized spacial score (nSPS) is 20.3. The number of carboxylic acids is 1. The van der Waals surface area contributed by atoms with Crippen LogP contribution >= 0.6 is 0 Å². The van der Waals surface area contributed by atoms with Crippen LogP contribution in [0.15, 0.2) is 42.5 Å².